The maximum absolute atomic E-state index is 11.3. The molecule has 1 N–H and O–H groups in total. The quantitative estimate of drug-likeness (QED) is 0.860. The van der Waals surface area contributed by atoms with Gasteiger partial charge in [-0.1, -0.05) is 18.6 Å². The Hall–Kier alpha value is -1.90. The van der Waals surface area contributed by atoms with E-state index in [-0.39, 0.29) is 0 Å². The van der Waals surface area contributed by atoms with Gasteiger partial charge in [-0.15, -0.1) is 0 Å². The smallest absolute Gasteiger partial charge is 0.336 e. The SMILES string of the molecule is CCc1cc(C(=O)O)c2cc(C)cc(C)c2n1. The number of aromatic carboxylic acids is 1. The zero-order valence-corrected chi connectivity index (χ0v) is 10.2. The van der Waals surface area contributed by atoms with E-state index in [4.69, 9.17) is 0 Å². The average Bonchev–Trinajstić information content (AvgIpc) is 2.27. The predicted octanol–water partition coefficient (Wildman–Crippen LogP) is 3.11. The van der Waals surface area contributed by atoms with E-state index >= 15 is 0 Å². The van der Waals surface area contributed by atoms with E-state index in [0.717, 1.165) is 34.1 Å². The van der Waals surface area contributed by atoms with Gasteiger partial charge in [-0.05, 0) is 38.0 Å². The Kier molecular flexibility index (Phi) is 2.84. The summed E-state index contributed by atoms with van der Waals surface area (Å²) in [5.74, 6) is -0.892. The molecule has 0 aliphatic heterocycles. The Bertz CT molecular complexity index is 603. The van der Waals surface area contributed by atoms with Crippen molar-refractivity contribution in [1.29, 1.82) is 0 Å². The van der Waals surface area contributed by atoms with Gasteiger partial charge in [-0.3, -0.25) is 4.98 Å². The molecule has 0 spiro atoms. The van der Waals surface area contributed by atoms with Crippen LogP contribution in [0.3, 0.4) is 0 Å². The van der Waals surface area contributed by atoms with E-state index in [1.807, 2.05) is 32.9 Å². The fourth-order valence-electron chi connectivity index (χ4n) is 2.09. The summed E-state index contributed by atoms with van der Waals surface area (Å²) < 4.78 is 0. The molecule has 0 aliphatic carbocycles. The number of aryl methyl sites for hydroxylation is 3. The molecule has 0 unspecified atom stereocenters. The van der Waals surface area contributed by atoms with Crippen LogP contribution >= 0.6 is 0 Å². The van der Waals surface area contributed by atoms with Crippen LogP contribution in [0, 0.1) is 13.8 Å². The van der Waals surface area contributed by atoms with E-state index in [1.165, 1.54) is 0 Å². The van der Waals surface area contributed by atoms with Gasteiger partial charge in [0, 0.05) is 11.1 Å². The second kappa shape index (κ2) is 4.17. The lowest BCUT2D eigenvalue weighted by Crippen LogP contribution is -2.02. The first-order valence-corrected chi connectivity index (χ1v) is 5.67. The fraction of sp³-hybridized carbons (Fsp3) is 0.286. The maximum Gasteiger partial charge on any atom is 0.336 e. The van der Waals surface area contributed by atoms with Crippen LogP contribution in [0.5, 0.6) is 0 Å². The van der Waals surface area contributed by atoms with Crippen LogP contribution in [0.15, 0.2) is 18.2 Å². The maximum atomic E-state index is 11.3. The van der Waals surface area contributed by atoms with Gasteiger partial charge in [-0.2, -0.15) is 0 Å². The van der Waals surface area contributed by atoms with Crippen molar-refractivity contribution in [1.82, 2.24) is 4.98 Å². The molecule has 2 rings (SSSR count). The highest BCUT2D eigenvalue weighted by Crippen LogP contribution is 2.23. The molecule has 0 bridgehead atoms. The van der Waals surface area contributed by atoms with E-state index in [0.29, 0.717) is 5.56 Å². The third kappa shape index (κ3) is 2.00. The molecule has 1 heterocycles. The molecule has 3 nitrogen and oxygen atoms in total. The first-order chi connectivity index (χ1) is 8.02. The van der Waals surface area contributed by atoms with Crippen molar-refractivity contribution in [2.75, 3.05) is 0 Å². The van der Waals surface area contributed by atoms with E-state index in [2.05, 4.69) is 4.98 Å². The molecule has 0 fully saturated rings. The number of hydrogen-bond acceptors (Lipinski definition) is 2. The summed E-state index contributed by atoms with van der Waals surface area (Å²) in [6, 6.07) is 5.59. The number of benzene rings is 1. The van der Waals surface area contributed by atoms with Crippen LogP contribution in [0.1, 0.15) is 34.1 Å². The highest BCUT2D eigenvalue weighted by atomic mass is 16.4. The summed E-state index contributed by atoms with van der Waals surface area (Å²) >= 11 is 0. The van der Waals surface area contributed by atoms with Crippen molar-refractivity contribution in [3.05, 3.63) is 40.6 Å². The number of pyridine rings is 1. The van der Waals surface area contributed by atoms with Crippen LogP contribution in [0.2, 0.25) is 0 Å². The third-order valence-corrected chi connectivity index (χ3v) is 2.89. The van der Waals surface area contributed by atoms with Crippen LogP contribution < -0.4 is 0 Å². The Morgan fingerprint density at radius 2 is 2.00 bits per heavy atom. The highest BCUT2D eigenvalue weighted by molar-refractivity contribution is 6.03. The summed E-state index contributed by atoms with van der Waals surface area (Å²) in [4.78, 5) is 15.8. The topological polar surface area (TPSA) is 50.2 Å². The summed E-state index contributed by atoms with van der Waals surface area (Å²) in [6.45, 7) is 5.91. The van der Waals surface area contributed by atoms with Gasteiger partial charge in [0.15, 0.2) is 0 Å². The molecule has 17 heavy (non-hydrogen) atoms. The Morgan fingerprint density at radius 3 is 2.59 bits per heavy atom. The van der Waals surface area contributed by atoms with Gasteiger partial charge in [0.25, 0.3) is 0 Å². The minimum atomic E-state index is -0.892. The summed E-state index contributed by atoms with van der Waals surface area (Å²) in [7, 11) is 0. The lowest BCUT2D eigenvalue weighted by Gasteiger charge is -2.09. The lowest BCUT2D eigenvalue weighted by atomic mass is 10.0. The van der Waals surface area contributed by atoms with Gasteiger partial charge in [0.1, 0.15) is 0 Å². The largest absolute Gasteiger partial charge is 0.478 e. The number of carboxylic acid groups (broad SMARTS) is 1. The minimum Gasteiger partial charge on any atom is -0.478 e. The van der Waals surface area contributed by atoms with E-state index in [1.54, 1.807) is 6.07 Å². The van der Waals surface area contributed by atoms with Crippen LogP contribution in [0.4, 0.5) is 0 Å². The van der Waals surface area contributed by atoms with Crippen molar-refractivity contribution in [2.45, 2.75) is 27.2 Å². The summed E-state index contributed by atoms with van der Waals surface area (Å²) in [5.41, 5.74) is 4.05. The van der Waals surface area contributed by atoms with Gasteiger partial charge < -0.3 is 5.11 Å². The first-order valence-electron chi connectivity index (χ1n) is 5.67. The van der Waals surface area contributed by atoms with Crippen LogP contribution in [-0.4, -0.2) is 16.1 Å². The van der Waals surface area contributed by atoms with Crippen molar-refractivity contribution in [2.24, 2.45) is 0 Å². The molecule has 0 radical (unpaired) electrons. The van der Waals surface area contributed by atoms with Crippen LogP contribution in [0.25, 0.3) is 10.9 Å². The molecular formula is C14H15NO2. The second-order valence-corrected chi connectivity index (χ2v) is 4.30. The monoisotopic (exact) mass is 229 g/mol. The Balaban J connectivity index is 2.90. The zero-order chi connectivity index (χ0) is 12.6. The molecule has 3 heteroatoms. The number of rotatable bonds is 2. The van der Waals surface area contributed by atoms with E-state index in [9.17, 15) is 9.90 Å². The average molecular weight is 229 g/mol. The van der Waals surface area contributed by atoms with E-state index < -0.39 is 5.97 Å². The lowest BCUT2D eigenvalue weighted by molar-refractivity contribution is 0.0699. The Morgan fingerprint density at radius 1 is 1.29 bits per heavy atom. The third-order valence-electron chi connectivity index (χ3n) is 2.89. The molecule has 88 valence electrons. The van der Waals surface area contributed by atoms with Crippen molar-refractivity contribution in [3.8, 4) is 0 Å². The van der Waals surface area contributed by atoms with Gasteiger partial charge in [0.2, 0.25) is 0 Å². The molecule has 2 aromatic rings. The molecule has 0 saturated carbocycles. The fourth-order valence-corrected chi connectivity index (χ4v) is 2.09. The molecule has 0 aliphatic rings. The number of hydrogen-bond donors (Lipinski definition) is 1. The molecule has 1 aromatic heterocycles. The number of fused-ring (bicyclic) bond motifs is 1. The number of carbonyl (C=O) groups is 1. The zero-order valence-electron chi connectivity index (χ0n) is 10.2. The number of carboxylic acids is 1. The number of nitrogens with zero attached hydrogens (tertiary/aromatic N) is 1. The Labute approximate surface area is 100 Å². The summed E-state index contributed by atoms with van der Waals surface area (Å²) in [6.07, 6.45) is 0.740. The standard InChI is InChI=1S/C14H15NO2/c1-4-10-7-12(14(16)17)11-6-8(2)5-9(3)13(11)15-10/h5-7H,4H2,1-3H3,(H,16,17). The van der Waals surface area contributed by atoms with Crippen LogP contribution in [-0.2, 0) is 6.42 Å². The number of aromatic nitrogens is 1. The van der Waals surface area contributed by atoms with Crippen molar-refractivity contribution < 1.29 is 9.90 Å². The van der Waals surface area contributed by atoms with Gasteiger partial charge in [0.05, 0.1) is 11.1 Å². The molecular weight excluding hydrogens is 214 g/mol. The summed E-state index contributed by atoms with van der Waals surface area (Å²) in [5, 5.41) is 9.99. The highest BCUT2D eigenvalue weighted by Gasteiger charge is 2.13. The second-order valence-electron chi connectivity index (χ2n) is 4.30. The normalized spacial score (nSPS) is 10.8. The first kappa shape index (κ1) is 11.6. The molecule has 0 atom stereocenters. The minimum absolute atomic E-state index is 0.346. The molecule has 0 amide bonds. The van der Waals surface area contributed by atoms with Crippen molar-refractivity contribution >= 4 is 16.9 Å². The molecule has 1 aromatic carbocycles. The van der Waals surface area contributed by atoms with Gasteiger partial charge >= 0.3 is 5.97 Å². The van der Waals surface area contributed by atoms with Gasteiger partial charge in [-0.25, -0.2) is 4.79 Å². The van der Waals surface area contributed by atoms with Crippen molar-refractivity contribution in [3.63, 3.8) is 0 Å². The molecule has 0 saturated heterocycles. The predicted molar refractivity (Wildman–Crippen MR) is 67.6 cm³/mol.